The number of hydrogen-bond acceptors (Lipinski definition) is 6. The van der Waals surface area contributed by atoms with Gasteiger partial charge in [-0.05, 0) is 58.2 Å². The quantitative estimate of drug-likeness (QED) is 0.254. The maximum absolute atomic E-state index is 13.9. The van der Waals surface area contributed by atoms with Crippen molar-refractivity contribution < 1.29 is 28.3 Å². The molecule has 0 bridgehead atoms. The van der Waals surface area contributed by atoms with Crippen molar-refractivity contribution in [1.29, 1.82) is 0 Å². The third-order valence-corrected chi connectivity index (χ3v) is 11.1. The molecule has 0 unspecified atom stereocenters. The number of carbonyl (C=O) groups is 3. The number of hydrogen-bond donors (Lipinski definition) is 1. The van der Waals surface area contributed by atoms with Crippen LogP contribution in [0.2, 0.25) is 18.1 Å². The van der Waals surface area contributed by atoms with Crippen LogP contribution < -0.4 is 5.32 Å². The number of alkyl carbamates (subject to hydrolysis) is 1. The maximum atomic E-state index is 13.9. The first kappa shape index (κ1) is 30.9. The molecule has 4 atom stereocenters. The Balaban J connectivity index is 3.40. The van der Waals surface area contributed by atoms with Crippen molar-refractivity contribution in [3.8, 4) is 0 Å². The monoisotopic (exact) mass is 510 g/mol. The number of allylic oxidation sites excluding steroid dienone is 1. The standard InChI is InChI=1S/C26H46N2O6Si/c1-12-14-16-19-21(34-35(10,11)26(6,7)8)17-20(23(30)32-9)28(19)22(29)18(15-13-2)27-24(31)33-25(3,4)5/h12-13,18-21H,1-2,14-17H2,3-11H3,(H,27,31)/t18-,19-,20-,21+/m0/s1. The largest absolute Gasteiger partial charge is 0.467 e. The van der Waals surface area contributed by atoms with Gasteiger partial charge in [-0.15, -0.1) is 13.2 Å². The third-order valence-electron chi connectivity index (χ3n) is 6.62. The topological polar surface area (TPSA) is 94.2 Å². The van der Waals surface area contributed by atoms with Crippen molar-refractivity contribution in [3.05, 3.63) is 25.3 Å². The minimum atomic E-state index is -2.21. The van der Waals surface area contributed by atoms with Gasteiger partial charge in [0.25, 0.3) is 0 Å². The summed E-state index contributed by atoms with van der Waals surface area (Å²) in [6.07, 6.45) is 4.05. The van der Waals surface area contributed by atoms with E-state index in [-0.39, 0.29) is 29.5 Å². The van der Waals surface area contributed by atoms with Crippen LogP contribution in [-0.4, -0.2) is 68.1 Å². The Morgan fingerprint density at radius 3 is 2.17 bits per heavy atom. The lowest BCUT2D eigenvalue weighted by Crippen LogP contribution is -2.56. The van der Waals surface area contributed by atoms with E-state index < -0.39 is 38.1 Å². The molecule has 2 amide bonds. The maximum Gasteiger partial charge on any atom is 0.408 e. The summed E-state index contributed by atoms with van der Waals surface area (Å²) < 4.78 is 17.2. The van der Waals surface area contributed by atoms with E-state index >= 15 is 0 Å². The number of likely N-dealkylation sites (tertiary alicyclic amines) is 1. The summed E-state index contributed by atoms with van der Waals surface area (Å²) in [4.78, 5) is 40.8. The minimum Gasteiger partial charge on any atom is -0.467 e. The zero-order chi connectivity index (χ0) is 27.2. The smallest absolute Gasteiger partial charge is 0.408 e. The average molecular weight is 511 g/mol. The number of nitrogens with zero attached hydrogens (tertiary/aromatic N) is 1. The molecule has 1 fully saturated rings. The number of esters is 1. The summed E-state index contributed by atoms with van der Waals surface area (Å²) >= 11 is 0. The highest BCUT2D eigenvalue weighted by Crippen LogP contribution is 2.41. The van der Waals surface area contributed by atoms with E-state index in [9.17, 15) is 14.4 Å². The predicted octanol–water partition coefficient (Wildman–Crippen LogP) is 4.95. The number of methoxy groups -OCH3 is 1. The Morgan fingerprint density at radius 2 is 1.71 bits per heavy atom. The summed E-state index contributed by atoms with van der Waals surface area (Å²) in [6, 6.07) is -2.12. The van der Waals surface area contributed by atoms with E-state index in [0.29, 0.717) is 19.3 Å². The van der Waals surface area contributed by atoms with Crippen molar-refractivity contribution >= 4 is 26.3 Å². The highest BCUT2D eigenvalue weighted by molar-refractivity contribution is 6.74. The molecule has 200 valence electrons. The molecule has 0 aromatic rings. The summed E-state index contributed by atoms with van der Waals surface area (Å²) in [5.74, 6) is -0.889. The van der Waals surface area contributed by atoms with E-state index in [1.165, 1.54) is 7.11 Å². The van der Waals surface area contributed by atoms with Crippen LogP contribution in [0.25, 0.3) is 0 Å². The normalized spacial score (nSPS) is 21.7. The molecule has 1 heterocycles. The van der Waals surface area contributed by atoms with Crippen molar-refractivity contribution in [2.24, 2.45) is 0 Å². The lowest BCUT2D eigenvalue weighted by atomic mass is 10.1. The molecule has 1 rings (SSSR count). The first-order valence-electron chi connectivity index (χ1n) is 12.3. The van der Waals surface area contributed by atoms with Gasteiger partial charge in [0, 0.05) is 6.42 Å². The molecular weight excluding hydrogens is 464 g/mol. The Labute approximate surface area is 212 Å². The zero-order valence-electron chi connectivity index (χ0n) is 23.1. The molecule has 0 aromatic carbocycles. The van der Waals surface area contributed by atoms with Crippen LogP contribution in [0.1, 0.15) is 67.2 Å². The first-order chi connectivity index (χ1) is 16.0. The SMILES string of the molecule is C=CCC[C@H]1[C@H](O[Si](C)(C)C(C)(C)C)C[C@@H](C(=O)OC)N1C(=O)[C@H](CC=C)NC(=O)OC(C)(C)C. The van der Waals surface area contributed by atoms with Gasteiger partial charge in [0.1, 0.15) is 17.7 Å². The van der Waals surface area contributed by atoms with Crippen molar-refractivity contribution in [2.75, 3.05) is 7.11 Å². The van der Waals surface area contributed by atoms with Crippen molar-refractivity contribution in [2.45, 2.75) is 115 Å². The molecule has 0 saturated carbocycles. The average Bonchev–Trinajstić information content (AvgIpc) is 3.05. The van der Waals surface area contributed by atoms with Gasteiger partial charge in [-0.1, -0.05) is 32.9 Å². The van der Waals surface area contributed by atoms with Gasteiger partial charge in [0.05, 0.1) is 19.3 Å². The van der Waals surface area contributed by atoms with Gasteiger partial charge >= 0.3 is 12.1 Å². The lowest BCUT2D eigenvalue weighted by Gasteiger charge is -2.40. The molecule has 1 N–H and O–H groups in total. The Hall–Kier alpha value is -2.13. The van der Waals surface area contributed by atoms with Crippen LogP contribution in [0, 0.1) is 0 Å². The summed E-state index contributed by atoms with van der Waals surface area (Å²) in [6.45, 7) is 23.6. The fourth-order valence-corrected chi connectivity index (χ4v) is 5.24. The lowest BCUT2D eigenvalue weighted by molar-refractivity contribution is -0.153. The highest BCUT2D eigenvalue weighted by atomic mass is 28.4. The molecule has 0 radical (unpaired) electrons. The minimum absolute atomic E-state index is 0.0438. The second-order valence-corrected chi connectivity index (χ2v) is 16.3. The molecule has 9 heteroatoms. The van der Waals surface area contributed by atoms with Gasteiger partial charge in [0.2, 0.25) is 5.91 Å². The van der Waals surface area contributed by atoms with Crippen LogP contribution in [0.3, 0.4) is 0 Å². The molecule has 1 aliphatic heterocycles. The zero-order valence-corrected chi connectivity index (χ0v) is 24.1. The summed E-state index contributed by atoms with van der Waals surface area (Å²) in [5.41, 5.74) is -0.720. The van der Waals surface area contributed by atoms with Gasteiger partial charge in [-0.2, -0.15) is 0 Å². The van der Waals surface area contributed by atoms with Gasteiger partial charge in [-0.25, -0.2) is 9.59 Å². The summed E-state index contributed by atoms with van der Waals surface area (Å²) in [7, 11) is -0.896. The second kappa shape index (κ2) is 12.2. The number of rotatable bonds is 10. The molecule has 1 aliphatic rings. The Morgan fingerprint density at radius 1 is 1.11 bits per heavy atom. The van der Waals surface area contributed by atoms with E-state index in [0.717, 1.165) is 0 Å². The number of ether oxygens (including phenoxy) is 2. The van der Waals surface area contributed by atoms with E-state index in [4.69, 9.17) is 13.9 Å². The fourth-order valence-electron chi connectivity index (χ4n) is 3.88. The van der Waals surface area contributed by atoms with Gasteiger partial charge in [-0.3, -0.25) is 4.79 Å². The number of nitrogens with one attached hydrogen (secondary N) is 1. The second-order valence-electron chi connectivity index (χ2n) is 11.6. The van der Waals surface area contributed by atoms with Crippen LogP contribution in [0.15, 0.2) is 25.3 Å². The number of amides is 2. The van der Waals surface area contributed by atoms with E-state index in [1.807, 2.05) is 0 Å². The van der Waals surface area contributed by atoms with Gasteiger partial charge in [0.15, 0.2) is 8.32 Å². The van der Waals surface area contributed by atoms with E-state index in [2.05, 4.69) is 52.3 Å². The fraction of sp³-hybridized carbons (Fsp3) is 0.731. The molecule has 1 saturated heterocycles. The van der Waals surface area contributed by atoms with Crippen molar-refractivity contribution in [3.63, 3.8) is 0 Å². The molecule has 35 heavy (non-hydrogen) atoms. The van der Waals surface area contributed by atoms with Crippen LogP contribution in [-0.2, 0) is 23.5 Å². The van der Waals surface area contributed by atoms with Crippen LogP contribution >= 0.6 is 0 Å². The van der Waals surface area contributed by atoms with Crippen LogP contribution in [0.5, 0.6) is 0 Å². The molecule has 0 aromatic heterocycles. The first-order valence-corrected chi connectivity index (χ1v) is 15.2. The molecular formula is C26H46N2O6Si. The Kier molecular flexibility index (Phi) is 10.8. The van der Waals surface area contributed by atoms with Crippen LogP contribution in [0.4, 0.5) is 4.79 Å². The molecule has 8 nitrogen and oxygen atoms in total. The van der Waals surface area contributed by atoms with Crippen molar-refractivity contribution in [1.82, 2.24) is 10.2 Å². The molecule has 0 aliphatic carbocycles. The number of carbonyl (C=O) groups excluding carboxylic acids is 3. The predicted molar refractivity (Wildman–Crippen MR) is 141 cm³/mol. The Bertz CT molecular complexity index is 784. The third kappa shape index (κ3) is 8.49. The van der Waals surface area contributed by atoms with E-state index in [1.54, 1.807) is 37.8 Å². The van der Waals surface area contributed by atoms with Gasteiger partial charge < -0.3 is 24.1 Å². The highest BCUT2D eigenvalue weighted by Gasteiger charge is 2.52. The summed E-state index contributed by atoms with van der Waals surface area (Å²) in [5, 5.41) is 2.62. The molecule has 0 spiro atoms.